The van der Waals surface area contributed by atoms with Crippen molar-refractivity contribution in [2.75, 3.05) is 24.4 Å². The number of amides is 2. The highest BCUT2D eigenvalue weighted by atomic mass is 32.2. The van der Waals surface area contributed by atoms with Gasteiger partial charge in [-0.1, -0.05) is 29.8 Å². The van der Waals surface area contributed by atoms with Crippen molar-refractivity contribution in [1.82, 2.24) is 10.2 Å². The quantitative estimate of drug-likeness (QED) is 0.606. The number of piperidine rings is 1. The highest BCUT2D eigenvalue weighted by Gasteiger charge is 2.29. The molecule has 1 heterocycles. The van der Waals surface area contributed by atoms with Crippen molar-refractivity contribution >= 4 is 27.5 Å². The molecule has 1 saturated heterocycles. The number of benzene rings is 2. The lowest BCUT2D eigenvalue weighted by Gasteiger charge is -2.32. The van der Waals surface area contributed by atoms with Gasteiger partial charge in [-0.05, 0) is 62.9 Å². The van der Waals surface area contributed by atoms with Crippen molar-refractivity contribution < 1.29 is 18.0 Å². The third-order valence-corrected chi connectivity index (χ3v) is 7.42. The first-order valence-corrected chi connectivity index (χ1v) is 12.5. The molecular weight excluding hydrogens is 438 g/mol. The van der Waals surface area contributed by atoms with Crippen LogP contribution in [0.25, 0.3) is 0 Å². The minimum Gasteiger partial charge on any atom is -0.352 e. The van der Waals surface area contributed by atoms with Gasteiger partial charge in [0.2, 0.25) is 5.91 Å². The van der Waals surface area contributed by atoms with E-state index in [0.29, 0.717) is 42.0 Å². The zero-order valence-corrected chi connectivity index (χ0v) is 20.2. The van der Waals surface area contributed by atoms with Gasteiger partial charge in [0, 0.05) is 30.9 Å². The van der Waals surface area contributed by atoms with E-state index in [0.717, 1.165) is 18.4 Å². The second-order valence-corrected chi connectivity index (χ2v) is 10.2. The molecule has 33 heavy (non-hydrogen) atoms. The van der Waals surface area contributed by atoms with Gasteiger partial charge in [-0.2, -0.15) is 0 Å². The topological polar surface area (TPSA) is 95.6 Å². The van der Waals surface area contributed by atoms with Crippen molar-refractivity contribution in [2.24, 2.45) is 5.92 Å². The van der Waals surface area contributed by atoms with E-state index in [1.54, 1.807) is 49.1 Å². The van der Waals surface area contributed by atoms with Gasteiger partial charge in [0.15, 0.2) is 0 Å². The summed E-state index contributed by atoms with van der Waals surface area (Å²) in [6.45, 7) is 10.3. The lowest BCUT2D eigenvalue weighted by molar-refractivity contribution is -0.126. The van der Waals surface area contributed by atoms with Crippen molar-refractivity contribution in [2.45, 2.75) is 38.5 Å². The number of nitrogens with zero attached hydrogens (tertiary/aromatic N) is 1. The Kier molecular flexibility index (Phi) is 7.58. The molecule has 0 saturated carbocycles. The number of aryl methyl sites for hydroxylation is 3. The maximum atomic E-state index is 13.1. The van der Waals surface area contributed by atoms with Crippen molar-refractivity contribution in [3.8, 4) is 0 Å². The Bertz CT molecular complexity index is 1150. The second kappa shape index (κ2) is 10.2. The summed E-state index contributed by atoms with van der Waals surface area (Å²) in [5, 5.41) is 2.79. The fourth-order valence-electron chi connectivity index (χ4n) is 4.39. The summed E-state index contributed by atoms with van der Waals surface area (Å²) < 4.78 is 28.8. The average Bonchev–Trinajstić information content (AvgIpc) is 2.76. The molecule has 0 spiro atoms. The molecule has 0 aliphatic carbocycles. The van der Waals surface area contributed by atoms with Crippen molar-refractivity contribution in [3.05, 3.63) is 71.3 Å². The Morgan fingerprint density at radius 3 is 2.52 bits per heavy atom. The number of hydrogen-bond donors (Lipinski definition) is 2. The molecule has 2 amide bonds. The number of anilines is 1. The van der Waals surface area contributed by atoms with Crippen LogP contribution in [-0.2, 0) is 14.8 Å². The smallest absolute Gasteiger partial charge is 0.262 e. The molecular formula is C25H31N3O4S. The van der Waals surface area contributed by atoms with Crippen LogP contribution < -0.4 is 10.0 Å². The standard InChI is InChI=1S/C25H31N3O4S/c1-5-11-26-24(29)21-9-7-12-28(16-21)25(30)20-8-6-10-22(15-20)27-33(31,32)23-18(3)13-17(2)14-19(23)4/h5-6,8,10,13-15,21,27H,1,7,9,11-12,16H2,2-4H3,(H,26,29)/t21-/m0/s1. The van der Waals surface area contributed by atoms with E-state index in [4.69, 9.17) is 0 Å². The number of carbonyl (C=O) groups excluding carboxylic acids is 2. The van der Waals surface area contributed by atoms with Crippen LogP contribution in [0.2, 0.25) is 0 Å². The molecule has 0 unspecified atom stereocenters. The normalized spacial score (nSPS) is 16.2. The maximum absolute atomic E-state index is 13.1. The third-order valence-electron chi connectivity index (χ3n) is 5.74. The molecule has 0 bridgehead atoms. The Morgan fingerprint density at radius 2 is 1.85 bits per heavy atom. The molecule has 2 aromatic rings. The highest BCUT2D eigenvalue weighted by molar-refractivity contribution is 7.92. The third kappa shape index (κ3) is 5.82. The predicted octanol–water partition coefficient (Wildman–Crippen LogP) is 3.57. The Morgan fingerprint density at radius 1 is 1.15 bits per heavy atom. The van der Waals surface area contributed by atoms with E-state index in [-0.39, 0.29) is 22.6 Å². The molecule has 7 nitrogen and oxygen atoms in total. The van der Waals surface area contributed by atoms with Crippen LogP contribution in [0.1, 0.15) is 39.9 Å². The van der Waals surface area contributed by atoms with E-state index in [1.807, 2.05) is 19.1 Å². The number of nitrogens with one attached hydrogen (secondary N) is 2. The van der Waals surface area contributed by atoms with Gasteiger partial charge < -0.3 is 10.2 Å². The molecule has 1 fully saturated rings. The van der Waals surface area contributed by atoms with Crippen LogP contribution in [0, 0.1) is 26.7 Å². The molecule has 3 rings (SSSR count). The minimum absolute atomic E-state index is 0.0854. The van der Waals surface area contributed by atoms with Crippen LogP contribution in [0.4, 0.5) is 5.69 Å². The second-order valence-electron chi connectivity index (χ2n) is 8.54. The lowest BCUT2D eigenvalue weighted by Crippen LogP contribution is -2.45. The summed E-state index contributed by atoms with van der Waals surface area (Å²) in [6, 6.07) is 10.1. The summed E-state index contributed by atoms with van der Waals surface area (Å²) in [5.41, 5.74) is 3.02. The largest absolute Gasteiger partial charge is 0.352 e. The van der Waals surface area contributed by atoms with Crippen LogP contribution in [0.3, 0.4) is 0 Å². The zero-order chi connectivity index (χ0) is 24.2. The molecule has 1 aliphatic rings. The summed E-state index contributed by atoms with van der Waals surface area (Å²) >= 11 is 0. The van der Waals surface area contributed by atoms with E-state index < -0.39 is 10.0 Å². The Hall–Kier alpha value is -3.13. The van der Waals surface area contributed by atoms with Gasteiger partial charge in [-0.15, -0.1) is 6.58 Å². The molecule has 0 aromatic heterocycles. The van der Waals surface area contributed by atoms with E-state index >= 15 is 0 Å². The number of rotatable bonds is 7. The first-order valence-electron chi connectivity index (χ1n) is 11.0. The van der Waals surface area contributed by atoms with Crippen LogP contribution in [0.15, 0.2) is 53.9 Å². The van der Waals surface area contributed by atoms with Crippen molar-refractivity contribution in [3.63, 3.8) is 0 Å². The lowest BCUT2D eigenvalue weighted by atomic mass is 9.96. The van der Waals surface area contributed by atoms with E-state index in [1.165, 1.54) is 0 Å². The van der Waals surface area contributed by atoms with Crippen LogP contribution in [0.5, 0.6) is 0 Å². The highest BCUT2D eigenvalue weighted by Crippen LogP contribution is 2.25. The van der Waals surface area contributed by atoms with Gasteiger partial charge in [-0.25, -0.2) is 8.42 Å². The number of hydrogen-bond acceptors (Lipinski definition) is 4. The Balaban J connectivity index is 1.77. The van der Waals surface area contributed by atoms with Gasteiger partial charge in [0.25, 0.3) is 15.9 Å². The average molecular weight is 470 g/mol. The molecule has 2 N–H and O–H groups in total. The van der Waals surface area contributed by atoms with Gasteiger partial charge >= 0.3 is 0 Å². The fourth-order valence-corrected chi connectivity index (χ4v) is 5.89. The van der Waals surface area contributed by atoms with Gasteiger partial charge in [-0.3, -0.25) is 14.3 Å². The first-order chi connectivity index (χ1) is 15.6. The molecule has 2 aromatic carbocycles. The zero-order valence-electron chi connectivity index (χ0n) is 19.3. The van der Waals surface area contributed by atoms with E-state index in [2.05, 4.69) is 16.6 Å². The SMILES string of the molecule is C=CCNC(=O)[C@H]1CCCN(C(=O)c2cccc(NS(=O)(=O)c3c(C)cc(C)cc3C)c2)C1. The van der Waals surface area contributed by atoms with E-state index in [9.17, 15) is 18.0 Å². The van der Waals surface area contributed by atoms with Crippen LogP contribution >= 0.6 is 0 Å². The Labute approximate surface area is 195 Å². The minimum atomic E-state index is -3.82. The summed E-state index contributed by atoms with van der Waals surface area (Å²) in [6.07, 6.45) is 3.08. The fraction of sp³-hybridized carbons (Fsp3) is 0.360. The molecule has 8 heteroatoms. The molecule has 1 atom stereocenters. The first kappa shape index (κ1) is 24.5. The molecule has 176 valence electrons. The van der Waals surface area contributed by atoms with Gasteiger partial charge in [0.1, 0.15) is 0 Å². The maximum Gasteiger partial charge on any atom is 0.262 e. The van der Waals surface area contributed by atoms with Gasteiger partial charge in [0.05, 0.1) is 10.8 Å². The van der Waals surface area contributed by atoms with Crippen LogP contribution in [-0.4, -0.2) is 44.8 Å². The number of likely N-dealkylation sites (tertiary alicyclic amines) is 1. The molecule has 1 aliphatic heterocycles. The number of sulfonamides is 1. The molecule has 0 radical (unpaired) electrons. The number of carbonyl (C=O) groups is 2. The summed E-state index contributed by atoms with van der Waals surface area (Å²) in [7, 11) is -3.82. The predicted molar refractivity (Wildman–Crippen MR) is 130 cm³/mol. The van der Waals surface area contributed by atoms with Crippen molar-refractivity contribution in [1.29, 1.82) is 0 Å². The summed E-state index contributed by atoms with van der Waals surface area (Å²) in [4.78, 5) is 27.3. The monoisotopic (exact) mass is 469 g/mol. The summed E-state index contributed by atoms with van der Waals surface area (Å²) in [5.74, 6) is -0.575.